The van der Waals surface area contributed by atoms with Gasteiger partial charge in [0, 0.05) is 10.6 Å². The largest absolute Gasteiger partial charge is 0.462 e. The number of aromatic amines is 1. The summed E-state index contributed by atoms with van der Waals surface area (Å²) in [5, 5.41) is 1.13. The normalized spacial score (nSPS) is 10.9. The van der Waals surface area contributed by atoms with Crippen molar-refractivity contribution in [2.24, 2.45) is 0 Å². The SMILES string of the molecule is CCOC(=O)c1ccc2nc(-c3cc(Cl)ccc3Cl)[nH]c2c1. The molecule has 0 amide bonds. The van der Waals surface area contributed by atoms with Crippen LogP contribution >= 0.6 is 23.2 Å². The molecule has 0 unspecified atom stereocenters. The van der Waals surface area contributed by atoms with Crippen LogP contribution in [0, 0.1) is 0 Å². The lowest BCUT2D eigenvalue weighted by atomic mass is 10.2. The Morgan fingerprint density at radius 1 is 1.23 bits per heavy atom. The van der Waals surface area contributed by atoms with Crippen LogP contribution in [0.1, 0.15) is 17.3 Å². The minimum absolute atomic E-state index is 0.337. The Balaban J connectivity index is 2.06. The molecule has 22 heavy (non-hydrogen) atoms. The van der Waals surface area contributed by atoms with E-state index in [4.69, 9.17) is 27.9 Å². The molecule has 0 spiro atoms. The molecule has 0 fully saturated rings. The molecule has 0 saturated heterocycles. The van der Waals surface area contributed by atoms with Crippen molar-refractivity contribution in [1.82, 2.24) is 9.97 Å². The number of H-pyrrole nitrogens is 1. The molecule has 1 N–H and O–H groups in total. The van der Waals surface area contributed by atoms with E-state index in [9.17, 15) is 4.79 Å². The molecule has 3 aromatic rings. The van der Waals surface area contributed by atoms with Gasteiger partial charge < -0.3 is 9.72 Å². The summed E-state index contributed by atoms with van der Waals surface area (Å²) in [6, 6.07) is 10.3. The van der Waals surface area contributed by atoms with Crippen molar-refractivity contribution in [3.8, 4) is 11.4 Å². The number of nitrogens with zero attached hydrogens (tertiary/aromatic N) is 1. The minimum atomic E-state index is -0.360. The van der Waals surface area contributed by atoms with Gasteiger partial charge in [-0.1, -0.05) is 23.2 Å². The van der Waals surface area contributed by atoms with Gasteiger partial charge >= 0.3 is 5.97 Å². The van der Waals surface area contributed by atoms with Crippen LogP contribution in [0.25, 0.3) is 22.4 Å². The summed E-state index contributed by atoms with van der Waals surface area (Å²) in [4.78, 5) is 19.4. The van der Waals surface area contributed by atoms with Crippen LogP contribution in [0.3, 0.4) is 0 Å². The van der Waals surface area contributed by atoms with Crippen LogP contribution in [0.15, 0.2) is 36.4 Å². The quantitative estimate of drug-likeness (QED) is 0.705. The number of benzene rings is 2. The molecule has 0 bridgehead atoms. The highest BCUT2D eigenvalue weighted by Crippen LogP contribution is 2.30. The summed E-state index contributed by atoms with van der Waals surface area (Å²) in [5.74, 6) is 0.241. The average Bonchev–Trinajstić information content (AvgIpc) is 2.92. The number of aromatic nitrogens is 2. The minimum Gasteiger partial charge on any atom is -0.462 e. The summed E-state index contributed by atoms with van der Waals surface area (Å²) in [5.41, 5.74) is 2.65. The van der Waals surface area contributed by atoms with Crippen molar-refractivity contribution >= 4 is 40.2 Å². The number of hydrogen-bond donors (Lipinski definition) is 1. The summed E-state index contributed by atoms with van der Waals surface area (Å²) < 4.78 is 4.99. The number of rotatable bonds is 3. The second-order valence-electron chi connectivity index (χ2n) is 4.66. The number of esters is 1. The average molecular weight is 335 g/mol. The topological polar surface area (TPSA) is 55.0 Å². The van der Waals surface area contributed by atoms with Crippen LogP contribution < -0.4 is 0 Å². The van der Waals surface area contributed by atoms with Crippen LogP contribution in [0.4, 0.5) is 0 Å². The first-order valence-electron chi connectivity index (χ1n) is 6.71. The lowest BCUT2D eigenvalue weighted by molar-refractivity contribution is 0.0526. The van der Waals surface area contributed by atoms with Crippen LogP contribution in [0.5, 0.6) is 0 Å². The number of carbonyl (C=O) groups is 1. The zero-order valence-corrected chi connectivity index (χ0v) is 13.2. The van der Waals surface area contributed by atoms with E-state index in [0.717, 1.165) is 11.0 Å². The van der Waals surface area contributed by atoms with E-state index in [1.165, 1.54) is 0 Å². The van der Waals surface area contributed by atoms with Gasteiger partial charge in [0.05, 0.1) is 28.2 Å². The maximum Gasteiger partial charge on any atom is 0.338 e. The zero-order valence-electron chi connectivity index (χ0n) is 11.7. The molecule has 0 atom stereocenters. The molecular formula is C16H12Cl2N2O2. The monoisotopic (exact) mass is 334 g/mol. The molecule has 0 aliphatic rings. The highest BCUT2D eigenvalue weighted by molar-refractivity contribution is 6.35. The third kappa shape index (κ3) is 2.80. The van der Waals surface area contributed by atoms with Crippen molar-refractivity contribution in [3.05, 3.63) is 52.0 Å². The molecule has 0 aliphatic heterocycles. The number of hydrogen-bond acceptors (Lipinski definition) is 3. The van der Waals surface area contributed by atoms with Crippen molar-refractivity contribution in [3.63, 3.8) is 0 Å². The van der Waals surface area contributed by atoms with Crippen LogP contribution in [0.2, 0.25) is 10.0 Å². The summed E-state index contributed by atoms with van der Waals surface area (Å²) in [6.07, 6.45) is 0. The van der Waals surface area contributed by atoms with Crippen LogP contribution in [-0.4, -0.2) is 22.5 Å². The molecule has 3 rings (SSSR count). The Hall–Kier alpha value is -2.04. The Morgan fingerprint density at radius 2 is 2.05 bits per heavy atom. The molecule has 4 nitrogen and oxygen atoms in total. The van der Waals surface area contributed by atoms with Crippen LogP contribution in [-0.2, 0) is 4.74 Å². The number of fused-ring (bicyclic) bond motifs is 1. The van der Waals surface area contributed by atoms with Gasteiger partial charge in [-0.2, -0.15) is 0 Å². The van der Waals surface area contributed by atoms with E-state index < -0.39 is 0 Å². The van der Waals surface area contributed by atoms with Gasteiger partial charge in [-0.3, -0.25) is 0 Å². The smallest absolute Gasteiger partial charge is 0.338 e. The highest BCUT2D eigenvalue weighted by Gasteiger charge is 2.12. The number of imidazole rings is 1. The third-order valence-corrected chi connectivity index (χ3v) is 3.74. The Morgan fingerprint density at radius 3 is 2.82 bits per heavy atom. The van der Waals surface area contributed by atoms with E-state index in [1.807, 2.05) is 0 Å². The first-order valence-corrected chi connectivity index (χ1v) is 7.46. The van der Waals surface area contributed by atoms with Crippen molar-refractivity contribution in [1.29, 1.82) is 0 Å². The first kappa shape index (κ1) is 14.9. The van der Waals surface area contributed by atoms with Gasteiger partial charge in [0.15, 0.2) is 0 Å². The molecule has 2 aromatic carbocycles. The summed E-state index contributed by atoms with van der Waals surface area (Å²) >= 11 is 12.2. The van der Waals surface area contributed by atoms with Crippen molar-refractivity contribution in [2.75, 3.05) is 6.61 Å². The van der Waals surface area contributed by atoms with E-state index >= 15 is 0 Å². The molecule has 0 aliphatic carbocycles. The molecule has 1 aromatic heterocycles. The Labute approximate surface area is 137 Å². The molecule has 0 saturated carbocycles. The predicted octanol–water partition coefficient (Wildman–Crippen LogP) is 4.71. The maximum atomic E-state index is 11.8. The summed E-state index contributed by atoms with van der Waals surface area (Å²) in [6.45, 7) is 2.11. The Bertz CT molecular complexity index is 858. The molecule has 6 heteroatoms. The Kier molecular flexibility index (Phi) is 4.05. The van der Waals surface area contributed by atoms with Gasteiger partial charge in [0.2, 0.25) is 0 Å². The van der Waals surface area contributed by atoms with Crippen molar-refractivity contribution in [2.45, 2.75) is 6.92 Å². The predicted molar refractivity (Wildman–Crippen MR) is 87.5 cm³/mol. The fraction of sp³-hybridized carbons (Fsp3) is 0.125. The van der Waals surface area contributed by atoms with E-state index in [2.05, 4.69) is 9.97 Å². The maximum absolute atomic E-state index is 11.8. The lowest BCUT2D eigenvalue weighted by Gasteiger charge is -2.01. The van der Waals surface area contributed by atoms with E-state index in [-0.39, 0.29) is 5.97 Å². The molecular weight excluding hydrogens is 323 g/mol. The second-order valence-corrected chi connectivity index (χ2v) is 5.51. The van der Waals surface area contributed by atoms with Gasteiger partial charge in [-0.05, 0) is 43.3 Å². The van der Waals surface area contributed by atoms with Gasteiger partial charge in [0.25, 0.3) is 0 Å². The third-order valence-electron chi connectivity index (χ3n) is 3.18. The number of halogens is 2. The zero-order chi connectivity index (χ0) is 15.7. The van der Waals surface area contributed by atoms with Gasteiger partial charge in [0.1, 0.15) is 5.82 Å². The number of ether oxygens (including phenoxy) is 1. The molecule has 0 radical (unpaired) electrons. The highest BCUT2D eigenvalue weighted by atomic mass is 35.5. The second kappa shape index (κ2) is 5.99. The number of carbonyl (C=O) groups excluding carboxylic acids is 1. The lowest BCUT2D eigenvalue weighted by Crippen LogP contribution is -2.04. The van der Waals surface area contributed by atoms with Crippen molar-refractivity contribution < 1.29 is 9.53 Å². The fourth-order valence-corrected chi connectivity index (χ4v) is 2.54. The van der Waals surface area contributed by atoms with E-state index in [1.54, 1.807) is 43.3 Å². The molecule has 1 heterocycles. The number of nitrogens with one attached hydrogen (secondary N) is 1. The van der Waals surface area contributed by atoms with E-state index in [0.29, 0.717) is 33.6 Å². The molecule has 112 valence electrons. The fourth-order valence-electron chi connectivity index (χ4n) is 2.16. The standard InChI is InChI=1S/C16H12Cl2N2O2/c1-2-22-16(21)9-3-6-13-14(7-9)20-15(19-13)11-8-10(17)4-5-12(11)18/h3-8H,2H2,1H3,(H,19,20). The first-order chi connectivity index (χ1) is 10.6. The van der Waals surface area contributed by atoms with Gasteiger partial charge in [-0.25, -0.2) is 9.78 Å². The van der Waals surface area contributed by atoms with Gasteiger partial charge in [-0.15, -0.1) is 0 Å². The summed E-state index contributed by atoms with van der Waals surface area (Å²) in [7, 11) is 0.